The standard InChI is InChI=1S/C23H29NO5S/c1-7-12(3)29-23(27)18-14(5)24-15-10-11(2)17(22(26)28-6)21(25)19(15)20(18)16-9-8-13(4)30-16/h8-9,11-12,17,20,24H,7,10H2,1-6H3/t11-,12-,17-,20+/m1/s1. The SMILES string of the molecule is CC[C@@H](C)OC(=O)C1=C(C)NC2=C(C(=O)[C@H](C(=O)OC)[C@H](C)C2)[C@H]1c1ccc(C)s1. The molecule has 1 aliphatic carbocycles. The first-order chi connectivity index (χ1) is 14.2. The Bertz CT molecular complexity index is 941. The van der Waals surface area contributed by atoms with Crippen LogP contribution in [-0.4, -0.2) is 30.9 Å². The fraction of sp³-hybridized carbons (Fsp3) is 0.522. The number of thiophene rings is 1. The van der Waals surface area contributed by atoms with Gasteiger partial charge in [0.05, 0.1) is 24.7 Å². The molecule has 0 aromatic carbocycles. The summed E-state index contributed by atoms with van der Waals surface area (Å²) < 4.78 is 10.6. The third kappa shape index (κ3) is 3.95. The molecule has 162 valence electrons. The van der Waals surface area contributed by atoms with E-state index in [1.807, 2.05) is 46.8 Å². The van der Waals surface area contributed by atoms with Gasteiger partial charge in [0.15, 0.2) is 5.78 Å². The summed E-state index contributed by atoms with van der Waals surface area (Å²) in [6.45, 7) is 9.50. The first kappa shape index (κ1) is 22.3. The predicted octanol–water partition coefficient (Wildman–Crippen LogP) is 4.01. The fourth-order valence-corrected chi connectivity index (χ4v) is 5.17. The van der Waals surface area contributed by atoms with Crippen molar-refractivity contribution in [3.8, 4) is 0 Å². The molecule has 0 unspecified atom stereocenters. The number of dihydropyridines is 1. The average Bonchev–Trinajstić information content (AvgIpc) is 3.12. The molecular formula is C23H29NO5S. The molecule has 0 fully saturated rings. The number of hydrogen-bond donors (Lipinski definition) is 1. The monoisotopic (exact) mass is 431 g/mol. The molecule has 2 heterocycles. The number of ether oxygens (including phenoxy) is 2. The first-order valence-corrected chi connectivity index (χ1v) is 11.1. The molecule has 0 saturated carbocycles. The van der Waals surface area contributed by atoms with Gasteiger partial charge in [0, 0.05) is 26.7 Å². The number of carbonyl (C=O) groups is 3. The second kappa shape index (κ2) is 8.76. The number of aryl methyl sites for hydroxylation is 1. The highest BCUT2D eigenvalue weighted by Crippen LogP contribution is 2.47. The Labute approximate surface area is 181 Å². The number of allylic oxidation sites excluding steroid dienone is 3. The number of carbonyl (C=O) groups excluding carboxylic acids is 3. The summed E-state index contributed by atoms with van der Waals surface area (Å²) in [7, 11) is 1.30. The van der Waals surface area contributed by atoms with Crippen LogP contribution in [0.25, 0.3) is 0 Å². The van der Waals surface area contributed by atoms with Crippen molar-refractivity contribution in [3.05, 3.63) is 44.4 Å². The number of hydrogen-bond acceptors (Lipinski definition) is 7. The Hall–Kier alpha value is -2.41. The smallest absolute Gasteiger partial charge is 0.337 e. The number of esters is 2. The van der Waals surface area contributed by atoms with E-state index in [9.17, 15) is 14.4 Å². The number of nitrogens with one attached hydrogen (secondary N) is 1. The average molecular weight is 432 g/mol. The summed E-state index contributed by atoms with van der Waals surface area (Å²) in [6.07, 6.45) is 0.999. The molecule has 4 atom stereocenters. The lowest BCUT2D eigenvalue weighted by Gasteiger charge is -2.38. The topological polar surface area (TPSA) is 81.7 Å². The van der Waals surface area contributed by atoms with Crippen molar-refractivity contribution in [2.24, 2.45) is 11.8 Å². The van der Waals surface area contributed by atoms with E-state index in [4.69, 9.17) is 9.47 Å². The van der Waals surface area contributed by atoms with E-state index in [0.29, 0.717) is 29.7 Å². The Balaban J connectivity index is 2.13. The zero-order valence-electron chi connectivity index (χ0n) is 18.3. The minimum atomic E-state index is -0.871. The molecule has 7 heteroatoms. The maximum atomic E-state index is 13.5. The largest absolute Gasteiger partial charge is 0.468 e. The molecule has 30 heavy (non-hydrogen) atoms. The van der Waals surface area contributed by atoms with Crippen molar-refractivity contribution in [2.75, 3.05) is 7.11 Å². The molecule has 0 saturated heterocycles. The quantitative estimate of drug-likeness (QED) is 0.560. The number of methoxy groups -OCH3 is 1. The van der Waals surface area contributed by atoms with Crippen molar-refractivity contribution in [1.29, 1.82) is 0 Å². The maximum absolute atomic E-state index is 13.5. The van der Waals surface area contributed by atoms with Gasteiger partial charge in [-0.25, -0.2) is 4.79 Å². The van der Waals surface area contributed by atoms with E-state index < -0.39 is 23.8 Å². The molecule has 1 aliphatic heterocycles. The minimum absolute atomic E-state index is 0.191. The second-order valence-electron chi connectivity index (χ2n) is 8.11. The van der Waals surface area contributed by atoms with Gasteiger partial charge in [-0.15, -0.1) is 11.3 Å². The molecular weight excluding hydrogens is 402 g/mol. The van der Waals surface area contributed by atoms with E-state index in [-0.39, 0.29) is 17.8 Å². The summed E-state index contributed by atoms with van der Waals surface area (Å²) in [4.78, 5) is 41.1. The maximum Gasteiger partial charge on any atom is 0.337 e. The number of rotatable bonds is 5. The van der Waals surface area contributed by atoms with Gasteiger partial charge in [0.25, 0.3) is 0 Å². The third-order valence-corrected chi connectivity index (χ3v) is 6.96. The normalized spacial score (nSPS) is 24.9. The highest BCUT2D eigenvalue weighted by molar-refractivity contribution is 7.12. The van der Waals surface area contributed by atoms with Crippen molar-refractivity contribution in [2.45, 2.75) is 59.5 Å². The van der Waals surface area contributed by atoms with Crippen molar-refractivity contribution in [3.63, 3.8) is 0 Å². The van der Waals surface area contributed by atoms with E-state index in [1.54, 1.807) is 11.3 Å². The van der Waals surface area contributed by atoms with Crippen LogP contribution < -0.4 is 5.32 Å². The lowest BCUT2D eigenvalue weighted by Crippen LogP contribution is -2.43. The summed E-state index contributed by atoms with van der Waals surface area (Å²) in [6, 6.07) is 3.92. The lowest BCUT2D eigenvalue weighted by molar-refractivity contribution is -0.151. The van der Waals surface area contributed by atoms with Crippen LogP contribution >= 0.6 is 11.3 Å². The van der Waals surface area contributed by atoms with Crippen LogP contribution in [0.5, 0.6) is 0 Å². The van der Waals surface area contributed by atoms with Gasteiger partial charge in [-0.3, -0.25) is 9.59 Å². The van der Waals surface area contributed by atoms with Crippen molar-refractivity contribution in [1.82, 2.24) is 5.32 Å². The van der Waals surface area contributed by atoms with Crippen LogP contribution in [0.2, 0.25) is 0 Å². The zero-order valence-corrected chi connectivity index (χ0v) is 19.1. The first-order valence-electron chi connectivity index (χ1n) is 10.3. The number of ketones is 1. The van der Waals surface area contributed by atoms with Gasteiger partial charge in [-0.2, -0.15) is 0 Å². The van der Waals surface area contributed by atoms with Crippen LogP contribution in [0.1, 0.15) is 56.2 Å². The van der Waals surface area contributed by atoms with Crippen LogP contribution in [-0.2, 0) is 23.9 Å². The highest BCUT2D eigenvalue weighted by atomic mass is 32.1. The third-order valence-electron chi connectivity index (χ3n) is 5.89. The molecule has 0 radical (unpaired) electrons. The van der Waals surface area contributed by atoms with Gasteiger partial charge in [-0.05, 0) is 51.7 Å². The molecule has 0 amide bonds. The van der Waals surface area contributed by atoms with Crippen LogP contribution in [0, 0.1) is 18.8 Å². The van der Waals surface area contributed by atoms with Gasteiger partial charge < -0.3 is 14.8 Å². The molecule has 1 N–H and O–H groups in total. The zero-order chi connectivity index (χ0) is 22.2. The molecule has 1 aromatic heterocycles. The summed E-state index contributed by atoms with van der Waals surface area (Å²) in [5, 5.41) is 3.28. The Morgan fingerprint density at radius 2 is 2.00 bits per heavy atom. The molecule has 1 aromatic rings. The number of Topliss-reactive ketones (excluding diaryl/α,β-unsaturated/α-hetero) is 1. The lowest BCUT2D eigenvalue weighted by atomic mass is 9.70. The minimum Gasteiger partial charge on any atom is -0.468 e. The highest BCUT2D eigenvalue weighted by Gasteiger charge is 2.47. The summed E-state index contributed by atoms with van der Waals surface area (Å²) in [5.41, 5.74) is 2.38. The Kier molecular flexibility index (Phi) is 6.50. The molecule has 0 bridgehead atoms. The Morgan fingerprint density at radius 1 is 1.30 bits per heavy atom. The van der Waals surface area contributed by atoms with Crippen LogP contribution in [0.15, 0.2) is 34.7 Å². The van der Waals surface area contributed by atoms with Gasteiger partial charge in [0.1, 0.15) is 5.92 Å². The van der Waals surface area contributed by atoms with Crippen molar-refractivity contribution < 1.29 is 23.9 Å². The van der Waals surface area contributed by atoms with E-state index in [2.05, 4.69) is 5.32 Å². The summed E-state index contributed by atoms with van der Waals surface area (Å²) >= 11 is 1.54. The van der Waals surface area contributed by atoms with Gasteiger partial charge in [-0.1, -0.05) is 13.8 Å². The van der Waals surface area contributed by atoms with Gasteiger partial charge >= 0.3 is 11.9 Å². The summed E-state index contributed by atoms with van der Waals surface area (Å²) in [5.74, 6) is -2.86. The van der Waals surface area contributed by atoms with E-state index in [1.165, 1.54) is 7.11 Å². The molecule has 2 aliphatic rings. The van der Waals surface area contributed by atoms with E-state index >= 15 is 0 Å². The predicted molar refractivity (Wildman–Crippen MR) is 115 cm³/mol. The van der Waals surface area contributed by atoms with Crippen LogP contribution in [0.4, 0.5) is 0 Å². The fourth-order valence-electron chi connectivity index (χ4n) is 4.17. The van der Waals surface area contributed by atoms with Crippen molar-refractivity contribution >= 4 is 29.1 Å². The second-order valence-corrected chi connectivity index (χ2v) is 9.43. The van der Waals surface area contributed by atoms with E-state index in [0.717, 1.165) is 15.5 Å². The molecule has 3 rings (SSSR count). The van der Waals surface area contributed by atoms with Gasteiger partial charge in [0.2, 0.25) is 0 Å². The van der Waals surface area contributed by atoms with Crippen LogP contribution in [0.3, 0.4) is 0 Å². The Morgan fingerprint density at radius 3 is 2.57 bits per heavy atom. The molecule has 6 nitrogen and oxygen atoms in total. The molecule has 0 spiro atoms.